The van der Waals surface area contributed by atoms with Gasteiger partial charge in [0.05, 0.1) is 17.6 Å². The van der Waals surface area contributed by atoms with Crippen LogP contribution >= 0.6 is 0 Å². The Bertz CT molecular complexity index is 1140. The lowest BCUT2D eigenvalue weighted by Crippen LogP contribution is -2.43. The van der Waals surface area contributed by atoms with Gasteiger partial charge in [0, 0.05) is 28.8 Å². The van der Waals surface area contributed by atoms with Crippen molar-refractivity contribution in [2.45, 2.75) is 13.1 Å². The van der Waals surface area contributed by atoms with Crippen molar-refractivity contribution in [2.75, 3.05) is 17.3 Å². The van der Waals surface area contributed by atoms with Gasteiger partial charge in [-0.2, -0.15) is 0 Å². The highest BCUT2D eigenvalue weighted by Crippen LogP contribution is 2.41. The number of nitro benzene ring substituents is 1. The van der Waals surface area contributed by atoms with Crippen molar-refractivity contribution in [1.82, 2.24) is 0 Å². The van der Waals surface area contributed by atoms with Crippen LogP contribution in [0.2, 0.25) is 0 Å². The second kappa shape index (κ2) is 7.40. The van der Waals surface area contributed by atoms with Crippen LogP contribution in [0.4, 0.5) is 17.1 Å². The van der Waals surface area contributed by atoms with E-state index in [-0.39, 0.29) is 11.7 Å². The number of para-hydroxylation sites is 1. The molecule has 0 unspecified atom stereocenters. The highest BCUT2D eigenvalue weighted by atomic mass is 16.6. The van der Waals surface area contributed by atoms with Crippen LogP contribution in [0.5, 0.6) is 11.5 Å². The third-order valence-electron chi connectivity index (χ3n) is 5.03. The van der Waals surface area contributed by atoms with Gasteiger partial charge in [-0.05, 0) is 37.3 Å². The van der Waals surface area contributed by atoms with Crippen molar-refractivity contribution in [3.63, 3.8) is 0 Å². The number of ether oxygens (including phenoxy) is 1. The van der Waals surface area contributed by atoms with Crippen molar-refractivity contribution < 1.29 is 19.6 Å². The zero-order chi connectivity index (χ0) is 21.4. The molecule has 0 aromatic heterocycles. The number of nitrogens with zero attached hydrogens (tertiary/aromatic N) is 2. The lowest BCUT2D eigenvalue weighted by atomic mass is 10.0. The van der Waals surface area contributed by atoms with Gasteiger partial charge >= 0.3 is 0 Å². The fourth-order valence-electron chi connectivity index (χ4n) is 3.51. The molecule has 1 heterocycles. The van der Waals surface area contributed by atoms with Crippen molar-refractivity contribution in [2.24, 2.45) is 0 Å². The Morgan fingerprint density at radius 1 is 1.10 bits per heavy atom. The van der Waals surface area contributed by atoms with E-state index in [0.717, 1.165) is 5.56 Å². The number of nitrogens with one attached hydrogen (secondary N) is 1. The summed E-state index contributed by atoms with van der Waals surface area (Å²) in [5.41, 5.74) is 2.48. The molecule has 4 rings (SSSR count). The summed E-state index contributed by atoms with van der Waals surface area (Å²) in [7, 11) is 1.27. The van der Waals surface area contributed by atoms with Gasteiger partial charge in [-0.3, -0.25) is 19.8 Å². The zero-order valence-electron chi connectivity index (χ0n) is 16.3. The predicted molar refractivity (Wildman–Crippen MR) is 110 cm³/mol. The summed E-state index contributed by atoms with van der Waals surface area (Å²) in [4.78, 5) is 25.6. The number of aryl methyl sites for hydroxylation is 1. The molecule has 1 N–H and O–H groups in total. The largest absolute Gasteiger partial charge is 0.865 e. The van der Waals surface area contributed by atoms with Gasteiger partial charge in [-0.25, -0.2) is 0 Å². The van der Waals surface area contributed by atoms with Gasteiger partial charge < -0.3 is 15.2 Å². The van der Waals surface area contributed by atoms with Crippen molar-refractivity contribution >= 4 is 23.0 Å². The van der Waals surface area contributed by atoms with Gasteiger partial charge in [-0.15, -0.1) is 0 Å². The molecule has 0 aliphatic carbocycles. The summed E-state index contributed by atoms with van der Waals surface area (Å²) >= 11 is 0. The van der Waals surface area contributed by atoms with Crippen LogP contribution in [-0.4, -0.2) is 17.9 Å². The molecule has 1 atom stereocenters. The number of nitro groups is 1. The summed E-state index contributed by atoms with van der Waals surface area (Å²) in [6.45, 7) is 1.94. The predicted octanol–water partition coefficient (Wildman–Crippen LogP) is 3.76. The van der Waals surface area contributed by atoms with E-state index in [9.17, 15) is 20.0 Å². The first-order valence-corrected chi connectivity index (χ1v) is 9.20. The molecule has 0 bridgehead atoms. The topological polar surface area (TPSA) is 108 Å². The first-order valence-electron chi connectivity index (χ1n) is 9.20. The van der Waals surface area contributed by atoms with E-state index in [1.807, 2.05) is 31.2 Å². The number of hydrogen-bond acceptors (Lipinski definition) is 6. The van der Waals surface area contributed by atoms with E-state index in [1.54, 1.807) is 24.3 Å². The minimum Gasteiger partial charge on any atom is -0.865 e. The number of anilines is 2. The first-order chi connectivity index (χ1) is 14.4. The van der Waals surface area contributed by atoms with Crippen molar-refractivity contribution in [3.8, 4) is 11.5 Å². The summed E-state index contributed by atoms with van der Waals surface area (Å²) < 4.78 is 5.07. The Hall–Kier alpha value is -4.07. The molecule has 0 saturated carbocycles. The molecular weight excluding hydrogens is 386 g/mol. The Morgan fingerprint density at radius 3 is 2.47 bits per heavy atom. The molecule has 8 nitrogen and oxygen atoms in total. The van der Waals surface area contributed by atoms with E-state index >= 15 is 0 Å². The van der Waals surface area contributed by atoms with Crippen LogP contribution in [0, 0.1) is 17.0 Å². The normalized spacial score (nSPS) is 15.3. The standard InChI is InChI=1S/C22H19N3O5/c1-13-7-9-15(10-8-13)24-21(23-17-6-4-3-5-16(17)22(24)27)14-11-18(25(28)29)20(26)19(12-14)30-2/h3-12,21,23,26H,1-2H3/p-1/t21-/m0/s1. The zero-order valence-corrected chi connectivity index (χ0v) is 16.3. The molecule has 0 spiro atoms. The van der Waals surface area contributed by atoms with Crippen LogP contribution in [0.1, 0.15) is 27.7 Å². The SMILES string of the molecule is COc1cc([C@H]2Nc3ccccc3C(=O)N2c2ccc(C)cc2)cc([N+](=O)[O-])c1[O-]. The lowest BCUT2D eigenvalue weighted by molar-refractivity contribution is -0.398. The van der Waals surface area contributed by atoms with E-state index in [0.29, 0.717) is 22.5 Å². The Kier molecular flexibility index (Phi) is 4.75. The molecule has 0 saturated heterocycles. The van der Waals surface area contributed by atoms with E-state index in [4.69, 9.17) is 4.74 Å². The highest BCUT2D eigenvalue weighted by Gasteiger charge is 2.35. The second-order valence-electron chi connectivity index (χ2n) is 6.93. The maximum absolute atomic E-state index is 13.4. The highest BCUT2D eigenvalue weighted by molar-refractivity contribution is 6.12. The van der Waals surface area contributed by atoms with E-state index in [1.165, 1.54) is 24.1 Å². The van der Waals surface area contributed by atoms with Gasteiger partial charge in [0.15, 0.2) is 0 Å². The lowest BCUT2D eigenvalue weighted by Gasteiger charge is -2.38. The van der Waals surface area contributed by atoms with Crippen molar-refractivity contribution in [1.29, 1.82) is 0 Å². The Balaban J connectivity index is 1.92. The molecule has 0 fully saturated rings. The summed E-state index contributed by atoms with van der Waals surface area (Å²) in [6.07, 6.45) is -0.775. The first kappa shape index (κ1) is 19.3. The second-order valence-corrected chi connectivity index (χ2v) is 6.93. The number of carbonyl (C=O) groups is 1. The van der Waals surface area contributed by atoms with E-state index < -0.39 is 22.5 Å². The van der Waals surface area contributed by atoms with Crippen LogP contribution < -0.4 is 20.1 Å². The fraction of sp³-hybridized carbons (Fsp3) is 0.136. The number of fused-ring (bicyclic) bond motifs is 1. The van der Waals surface area contributed by atoms with Gasteiger partial charge in [-0.1, -0.05) is 29.8 Å². The summed E-state index contributed by atoms with van der Waals surface area (Å²) in [6, 6.07) is 17.0. The summed E-state index contributed by atoms with van der Waals surface area (Å²) in [5.74, 6) is -1.22. The molecule has 152 valence electrons. The average molecular weight is 404 g/mol. The minimum absolute atomic E-state index is 0.156. The van der Waals surface area contributed by atoms with Gasteiger partial charge in [0.1, 0.15) is 11.9 Å². The molecule has 3 aromatic rings. The van der Waals surface area contributed by atoms with Gasteiger partial charge in [0.2, 0.25) is 0 Å². The molecule has 1 aliphatic heterocycles. The van der Waals surface area contributed by atoms with Crippen LogP contribution in [-0.2, 0) is 0 Å². The Morgan fingerprint density at radius 2 is 1.80 bits per heavy atom. The number of hydrogen-bond donors (Lipinski definition) is 1. The number of methoxy groups -OCH3 is 1. The van der Waals surface area contributed by atoms with Crippen LogP contribution in [0.25, 0.3) is 0 Å². The number of benzene rings is 3. The Labute approximate surface area is 172 Å². The third kappa shape index (κ3) is 3.18. The number of rotatable bonds is 4. The van der Waals surface area contributed by atoms with Gasteiger partial charge in [0.25, 0.3) is 11.6 Å². The van der Waals surface area contributed by atoms with Crippen LogP contribution in [0.3, 0.4) is 0 Å². The smallest absolute Gasteiger partial charge is 0.265 e. The molecular formula is C22H18N3O5-. The number of amides is 1. The molecule has 0 radical (unpaired) electrons. The molecule has 8 heteroatoms. The quantitative estimate of drug-likeness (QED) is 0.524. The maximum Gasteiger partial charge on any atom is 0.265 e. The monoisotopic (exact) mass is 404 g/mol. The fourth-order valence-corrected chi connectivity index (χ4v) is 3.51. The third-order valence-corrected chi connectivity index (χ3v) is 5.03. The maximum atomic E-state index is 13.4. The molecule has 3 aromatic carbocycles. The molecule has 1 amide bonds. The molecule has 30 heavy (non-hydrogen) atoms. The summed E-state index contributed by atoms with van der Waals surface area (Å²) in [5, 5.41) is 27.0. The molecule has 1 aliphatic rings. The van der Waals surface area contributed by atoms with Crippen molar-refractivity contribution in [3.05, 3.63) is 87.5 Å². The van der Waals surface area contributed by atoms with E-state index in [2.05, 4.69) is 5.32 Å². The average Bonchev–Trinajstić information content (AvgIpc) is 2.74. The minimum atomic E-state index is -0.810. The number of carbonyl (C=O) groups excluding carboxylic acids is 1. The van der Waals surface area contributed by atoms with Crippen LogP contribution in [0.15, 0.2) is 60.7 Å².